The first kappa shape index (κ1) is 22.5. The first-order valence-electron chi connectivity index (χ1n) is 10.9. The second-order valence-corrected chi connectivity index (χ2v) is 8.14. The molecule has 0 saturated carbocycles. The SMILES string of the molecule is CCCN(c1ccc(F)cc1)c1ccc(/C=C2/C(C)=C(CC(=O)O)c3cc(F)ccc32)cc1. The minimum absolute atomic E-state index is 0.151. The molecular formula is C28H25F2NO2. The number of halogens is 2. The van der Waals surface area contributed by atoms with E-state index in [2.05, 4.69) is 11.8 Å². The minimum atomic E-state index is -0.943. The topological polar surface area (TPSA) is 40.5 Å². The number of carbonyl (C=O) groups is 1. The molecule has 1 aliphatic rings. The van der Waals surface area contributed by atoms with Gasteiger partial charge in [-0.2, -0.15) is 0 Å². The molecule has 168 valence electrons. The quantitative estimate of drug-likeness (QED) is 0.414. The summed E-state index contributed by atoms with van der Waals surface area (Å²) in [5.41, 5.74) is 6.75. The van der Waals surface area contributed by atoms with E-state index in [-0.39, 0.29) is 18.1 Å². The summed E-state index contributed by atoms with van der Waals surface area (Å²) in [6, 6.07) is 19.0. The molecule has 0 radical (unpaired) electrons. The van der Waals surface area contributed by atoms with E-state index in [1.165, 1.54) is 24.3 Å². The minimum Gasteiger partial charge on any atom is -0.481 e. The first-order chi connectivity index (χ1) is 15.9. The summed E-state index contributed by atoms with van der Waals surface area (Å²) in [4.78, 5) is 13.5. The van der Waals surface area contributed by atoms with Gasteiger partial charge in [0.05, 0.1) is 6.42 Å². The summed E-state index contributed by atoms with van der Waals surface area (Å²) in [5, 5.41) is 9.33. The molecule has 1 aliphatic carbocycles. The molecule has 33 heavy (non-hydrogen) atoms. The number of anilines is 2. The summed E-state index contributed by atoms with van der Waals surface area (Å²) in [5.74, 6) is -1.59. The van der Waals surface area contributed by atoms with Crippen molar-refractivity contribution in [2.24, 2.45) is 0 Å². The molecule has 0 amide bonds. The maximum absolute atomic E-state index is 13.9. The lowest BCUT2D eigenvalue weighted by molar-refractivity contribution is -0.135. The van der Waals surface area contributed by atoms with Crippen LogP contribution in [0.15, 0.2) is 72.3 Å². The second-order valence-electron chi connectivity index (χ2n) is 8.14. The van der Waals surface area contributed by atoms with Gasteiger partial charge in [0.15, 0.2) is 0 Å². The molecule has 0 aliphatic heterocycles. The third kappa shape index (κ3) is 4.72. The number of benzene rings is 3. The number of nitrogens with zero attached hydrogens (tertiary/aromatic N) is 1. The number of rotatable bonds is 7. The summed E-state index contributed by atoms with van der Waals surface area (Å²) in [7, 11) is 0. The van der Waals surface area contributed by atoms with Crippen molar-refractivity contribution in [1.82, 2.24) is 0 Å². The van der Waals surface area contributed by atoms with Crippen LogP contribution in [0.3, 0.4) is 0 Å². The van der Waals surface area contributed by atoms with Crippen LogP contribution >= 0.6 is 0 Å². The highest BCUT2D eigenvalue weighted by Gasteiger charge is 2.25. The Hall–Kier alpha value is -3.73. The summed E-state index contributed by atoms with van der Waals surface area (Å²) in [6.45, 7) is 4.78. The lowest BCUT2D eigenvalue weighted by Gasteiger charge is -2.24. The smallest absolute Gasteiger partial charge is 0.307 e. The van der Waals surface area contributed by atoms with Crippen LogP contribution < -0.4 is 4.90 Å². The maximum Gasteiger partial charge on any atom is 0.307 e. The Morgan fingerprint density at radius 1 is 0.909 bits per heavy atom. The van der Waals surface area contributed by atoms with Crippen LogP contribution in [0, 0.1) is 11.6 Å². The molecule has 0 atom stereocenters. The predicted octanol–water partition coefficient (Wildman–Crippen LogP) is 7.32. The van der Waals surface area contributed by atoms with Crippen molar-refractivity contribution in [2.75, 3.05) is 11.4 Å². The fraction of sp³-hybridized carbons (Fsp3) is 0.179. The number of allylic oxidation sites excluding steroid dienone is 2. The average molecular weight is 446 g/mol. The largest absolute Gasteiger partial charge is 0.481 e. The number of hydrogen-bond donors (Lipinski definition) is 1. The van der Waals surface area contributed by atoms with Crippen molar-refractivity contribution in [3.63, 3.8) is 0 Å². The summed E-state index contributed by atoms with van der Waals surface area (Å²) >= 11 is 0. The van der Waals surface area contributed by atoms with E-state index in [1.54, 1.807) is 18.2 Å². The molecule has 3 aromatic rings. The number of fused-ring (bicyclic) bond motifs is 1. The molecule has 0 heterocycles. The van der Waals surface area contributed by atoms with Crippen molar-refractivity contribution in [1.29, 1.82) is 0 Å². The fourth-order valence-corrected chi connectivity index (χ4v) is 4.30. The van der Waals surface area contributed by atoms with E-state index in [0.29, 0.717) is 11.1 Å². The van der Waals surface area contributed by atoms with Gasteiger partial charge in [-0.3, -0.25) is 4.79 Å². The lowest BCUT2D eigenvalue weighted by Crippen LogP contribution is -2.17. The van der Waals surface area contributed by atoms with E-state index >= 15 is 0 Å². The van der Waals surface area contributed by atoms with Crippen molar-refractivity contribution in [3.05, 3.63) is 101 Å². The molecule has 0 spiro atoms. The maximum atomic E-state index is 13.9. The molecule has 0 bridgehead atoms. The van der Waals surface area contributed by atoms with Crippen molar-refractivity contribution >= 4 is 34.6 Å². The molecule has 3 aromatic carbocycles. The zero-order chi connectivity index (χ0) is 23.5. The lowest BCUT2D eigenvalue weighted by atomic mass is 10.0. The monoisotopic (exact) mass is 445 g/mol. The molecule has 0 saturated heterocycles. The van der Waals surface area contributed by atoms with Crippen molar-refractivity contribution in [2.45, 2.75) is 26.7 Å². The Morgan fingerprint density at radius 2 is 1.52 bits per heavy atom. The van der Waals surface area contributed by atoms with Crippen LogP contribution in [-0.4, -0.2) is 17.6 Å². The molecule has 0 aromatic heterocycles. The van der Waals surface area contributed by atoms with Crippen LogP contribution in [0.2, 0.25) is 0 Å². The highest BCUT2D eigenvalue weighted by molar-refractivity contribution is 6.07. The number of carboxylic acids is 1. The highest BCUT2D eigenvalue weighted by Crippen LogP contribution is 2.44. The molecule has 0 fully saturated rings. The molecule has 0 unspecified atom stereocenters. The zero-order valence-corrected chi connectivity index (χ0v) is 18.6. The van der Waals surface area contributed by atoms with Gasteiger partial charge in [0.2, 0.25) is 0 Å². The van der Waals surface area contributed by atoms with E-state index in [9.17, 15) is 18.7 Å². The molecule has 1 N–H and O–H groups in total. The first-order valence-corrected chi connectivity index (χ1v) is 10.9. The molecular weight excluding hydrogens is 420 g/mol. The van der Waals surface area contributed by atoms with Gasteiger partial charge in [-0.1, -0.05) is 25.1 Å². The van der Waals surface area contributed by atoms with Crippen LogP contribution in [0.25, 0.3) is 17.2 Å². The Kier molecular flexibility index (Phi) is 6.40. The van der Waals surface area contributed by atoms with Gasteiger partial charge in [-0.25, -0.2) is 8.78 Å². The fourth-order valence-electron chi connectivity index (χ4n) is 4.30. The number of hydrogen-bond acceptors (Lipinski definition) is 2. The normalized spacial score (nSPS) is 14.0. The Morgan fingerprint density at radius 3 is 2.12 bits per heavy atom. The Balaban J connectivity index is 1.69. The van der Waals surface area contributed by atoms with E-state index in [4.69, 9.17) is 0 Å². The van der Waals surface area contributed by atoms with Gasteiger partial charge < -0.3 is 10.0 Å². The van der Waals surface area contributed by atoms with Gasteiger partial charge in [0.25, 0.3) is 0 Å². The van der Waals surface area contributed by atoms with Gasteiger partial charge >= 0.3 is 5.97 Å². The van der Waals surface area contributed by atoms with Crippen LogP contribution in [-0.2, 0) is 4.79 Å². The van der Waals surface area contributed by atoms with Crippen LogP contribution in [0.1, 0.15) is 43.4 Å². The van der Waals surface area contributed by atoms with Crippen molar-refractivity contribution < 1.29 is 18.7 Å². The molecule has 4 rings (SSSR count). The average Bonchev–Trinajstić information content (AvgIpc) is 3.03. The number of aliphatic carboxylic acids is 1. The standard InChI is InChI=1S/C28H25F2NO2/c1-3-14-31(23-11-6-20(29)7-12-23)22-9-4-19(5-10-22)15-25-18(2)26(17-28(32)33)27-16-21(30)8-13-24(25)27/h4-13,15-16H,3,14,17H2,1-2H3,(H,32,33)/b25-15-. The molecule has 5 heteroatoms. The van der Waals surface area contributed by atoms with Gasteiger partial charge in [-0.15, -0.1) is 0 Å². The zero-order valence-electron chi connectivity index (χ0n) is 18.6. The predicted molar refractivity (Wildman–Crippen MR) is 129 cm³/mol. The van der Waals surface area contributed by atoms with Crippen LogP contribution in [0.5, 0.6) is 0 Å². The van der Waals surface area contributed by atoms with Crippen LogP contribution in [0.4, 0.5) is 20.2 Å². The van der Waals surface area contributed by atoms with Gasteiger partial charge in [-0.05, 0) is 101 Å². The third-order valence-electron chi connectivity index (χ3n) is 5.88. The Bertz CT molecular complexity index is 1240. The Labute approximate surface area is 192 Å². The van der Waals surface area contributed by atoms with Crippen molar-refractivity contribution in [3.8, 4) is 0 Å². The van der Waals surface area contributed by atoms with E-state index in [1.807, 2.05) is 37.3 Å². The van der Waals surface area contributed by atoms with E-state index in [0.717, 1.165) is 46.6 Å². The summed E-state index contributed by atoms with van der Waals surface area (Å²) in [6.07, 6.45) is 2.79. The second kappa shape index (κ2) is 9.41. The molecule has 3 nitrogen and oxygen atoms in total. The van der Waals surface area contributed by atoms with Gasteiger partial charge in [0, 0.05) is 17.9 Å². The highest BCUT2D eigenvalue weighted by atomic mass is 19.1. The third-order valence-corrected chi connectivity index (χ3v) is 5.88. The van der Waals surface area contributed by atoms with Gasteiger partial charge in [0.1, 0.15) is 11.6 Å². The van der Waals surface area contributed by atoms with E-state index < -0.39 is 5.97 Å². The number of carboxylic acid groups (broad SMARTS) is 1. The summed E-state index contributed by atoms with van der Waals surface area (Å²) < 4.78 is 27.2.